The smallest absolute Gasteiger partial charge is 0.361 e. The lowest BCUT2D eigenvalue weighted by molar-refractivity contribution is 0.0495. The molecule has 0 aliphatic heterocycles. The van der Waals surface area contributed by atoms with E-state index in [4.69, 9.17) is 20.9 Å². The molecule has 84 valence electrons. The Balaban J connectivity index is 2.41. The third-order valence-corrected chi connectivity index (χ3v) is 2.14. The first-order valence-electron chi connectivity index (χ1n) is 4.67. The van der Waals surface area contributed by atoms with Gasteiger partial charge in [-0.3, -0.25) is 0 Å². The van der Waals surface area contributed by atoms with Gasteiger partial charge in [-0.05, 0) is 6.42 Å². The van der Waals surface area contributed by atoms with Crippen molar-refractivity contribution in [3.63, 3.8) is 0 Å². The highest BCUT2D eigenvalue weighted by molar-refractivity contribution is 6.34. The van der Waals surface area contributed by atoms with E-state index in [0.717, 1.165) is 6.42 Å². The Morgan fingerprint density at radius 3 is 3.12 bits per heavy atom. The van der Waals surface area contributed by atoms with Gasteiger partial charge in [0.2, 0.25) is 5.69 Å². The highest BCUT2D eigenvalue weighted by atomic mass is 35.5. The van der Waals surface area contributed by atoms with Crippen molar-refractivity contribution >= 4 is 28.7 Å². The first-order chi connectivity index (χ1) is 7.74. The van der Waals surface area contributed by atoms with Gasteiger partial charge in [-0.15, -0.1) is 0 Å². The highest BCUT2D eigenvalue weighted by Gasteiger charge is 2.21. The normalized spacial score (nSPS) is 10.6. The molecular formula is C9H8ClN3O3. The van der Waals surface area contributed by atoms with Crippen LogP contribution in [0.4, 0.5) is 0 Å². The molecule has 0 radical (unpaired) electrons. The number of carbonyl (C=O) groups excluding carboxylic acids is 1. The first kappa shape index (κ1) is 10.8. The molecule has 0 saturated heterocycles. The lowest BCUT2D eigenvalue weighted by Gasteiger charge is -1.99. The molecule has 0 N–H and O–H groups in total. The van der Waals surface area contributed by atoms with Crippen LogP contribution >= 0.6 is 11.6 Å². The Morgan fingerprint density at radius 2 is 2.38 bits per heavy atom. The number of ether oxygens (including phenoxy) is 1. The number of carbonyl (C=O) groups is 1. The average molecular weight is 242 g/mol. The van der Waals surface area contributed by atoms with Crippen LogP contribution in [-0.2, 0) is 4.74 Å². The average Bonchev–Trinajstić information content (AvgIpc) is 2.71. The molecule has 2 aromatic heterocycles. The minimum absolute atomic E-state index is 0.00838. The largest absolute Gasteiger partial charge is 0.461 e. The zero-order valence-corrected chi connectivity index (χ0v) is 9.19. The Kier molecular flexibility index (Phi) is 3.00. The minimum atomic E-state index is -0.586. The van der Waals surface area contributed by atoms with E-state index in [-0.39, 0.29) is 21.9 Å². The molecule has 0 aliphatic rings. The second-order valence-electron chi connectivity index (χ2n) is 3.01. The van der Waals surface area contributed by atoms with Crippen molar-refractivity contribution < 1.29 is 14.1 Å². The summed E-state index contributed by atoms with van der Waals surface area (Å²) < 4.78 is 9.77. The number of fused-ring (bicyclic) bond motifs is 1. The van der Waals surface area contributed by atoms with Crippen molar-refractivity contribution in [1.29, 1.82) is 0 Å². The number of aromatic nitrogens is 3. The van der Waals surface area contributed by atoms with Crippen LogP contribution in [0, 0.1) is 0 Å². The summed E-state index contributed by atoms with van der Waals surface area (Å²) in [6.45, 7) is 2.21. The van der Waals surface area contributed by atoms with E-state index < -0.39 is 5.97 Å². The molecule has 0 saturated carbocycles. The van der Waals surface area contributed by atoms with E-state index in [0.29, 0.717) is 6.61 Å². The van der Waals surface area contributed by atoms with E-state index in [1.807, 2.05) is 6.92 Å². The van der Waals surface area contributed by atoms with Crippen LogP contribution in [0.25, 0.3) is 11.1 Å². The van der Waals surface area contributed by atoms with Crippen LogP contribution in [0.2, 0.25) is 5.15 Å². The monoisotopic (exact) mass is 241 g/mol. The van der Waals surface area contributed by atoms with Crippen molar-refractivity contribution in [2.45, 2.75) is 13.3 Å². The third kappa shape index (κ3) is 1.83. The molecule has 0 unspecified atom stereocenters. The molecule has 0 bridgehead atoms. The van der Waals surface area contributed by atoms with Crippen LogP contribution in [0.5, 0.6) is 0 Å². The van der Waals surface area contributed by atoms with Gasteiger partial charge in [-0.1, -0.05) is 23.7 Å². The first-order valence-corrected chi connectivity index (χ1v) is 5.04. The summed E-state index contributed by atoms with van der Waals surface area (Å²) >= 11 is 5.82. The van der Waals surface area contributed by atoms with Crippen molar-refractivity contribution in [2.75, 3.05) is 6.61 Å². The van der Waals surface area contributed by atoms with Gasteiger partial charge in [0.1, 0.15) is 16.9 Å². The molecule has 7 heteroatoms. The summed E-state index contributed by atoms with van der Waals surface area (Å²) in [7, 11) is 0. The number of esters is 1. The van der Waals surface area contributed by atoms with Crippen LogP contribution in [0.15, 0.2) is 10.9 Å². The fraction of sp³-hybridized carbons (Fsp3) is 0.333. The molecule has 0 atom stereocenters. The van der Waals surface area contributed by atoms with Crippen LogP contribution in [-0.4, -0.2) is 27.7 Å². The Hall–Kier alpha value is -1.69. The van der Waals surface area contributed by atoms with Crippen LogP contribution in [0.3, 0.4) is 0 Å². The molecule has 2 rings (SSSR count). The fourth-order valence-corrected chi connectivity index (χ4v) is 1.37. The van der Waals surface area contributed by atoms with E-state index in [1.54, 1.807) is 0 Å². The molecule has 2 aromatic rings. The summed E-state index contributed by atoms with van der Waals surface area (Å²) in [6.07, 6.45) is 1.96. The molecule has 16 heavy (non-hydrogen) atoms. The zero-order chi connectivity index (χ0) is 11.5. The number of hydrogen-bond donors (Lipinski definition) is 0. The van der Waals surface area contributed by atoms with Crippen LogP contribution in [0.1, 0.15) is 23.8 Å². The van der Waals surface area contributed by atoms with E-state index in [1.165, 1.54) is 6.33 Å². The van der Waals surface area contributed by atoms with Gasteiger partial charge in [0.15, 0.2) is 0 Å². The summed E-state index contributed by atoms with van der Waals surface area (Å²) in [5, 5.41) is 3.98. The summed E-state index contributed by atoms with van der Waals surface area (Å²) in [6, 6.07) is 0. The molecule has 0 fully saturated rings. The van der Waals surface area contributed by atoms with Gasteiger partial charge >= 0.3 is 5.97 Å². The summed E-state index contributed by atoms with van der Waals surface area (Å²) in [5.74, 6) is -0.586. The lowest BCUT2D eigenvalue weighted by Crippen LogP contribution is -2.06. The maximum atomic E-state index is 11.6. The highest BCUT2D eigenvalue weighted by Crippen LogP contribution is 2.23. The number of halogens is 1. The molecule has 0 spiro atoms. The zero-order valence-electron chi connectivity index (χ0n) is 8.44. The second kappa shape index (κ2) is 4.44. The third-order valence-electron chi connectivity index (χ3n) is 1.86. The van der Waals surface area contributed by atoms with Gasteiger partial charge in [0.25, 0.3) is 5.71 Å². The van der Waals surface area contributed by atoms with Crippen molar-refractivity contribution in [3.05, 3.63) is 17.2 Å². The van der Waals surface area contributed by atoms with E-state index in [9.17, 15) is 4.79 Å². The fourth-order valence-electron chi connectivity index (χ4n) is 1.15. The van der Waals surface area contributed by atoms with Gasteiger partial charge in [-0.2, -0.15) is 4.98 Å². The topological polar surface area (TPSA) is 78.1 Å². The molecule has 0 amide bonds. The van der Waals surface area contributed by atoms with Crippen molar-refractivity contribution in [2.24, 2.45) is 0 Å². The van der Waals surface area contributed by atoms with E-state index >= 15 is 0 Å². The van der Waals surface area contributed by atoms with Gasteiger partial charge in [0, 0.05) is 0 Å². The molecule has 0 aliphatic carbocycles. The predicted molar refractivity (Wildman–Crippen MR) is 55.2 cm³/mol. The molecule has 2 heterocycles. The van der Waals surface area contributed by atoms with Crippen molar-refractivity contribution in [1.82, 2.24) is 15.1 Å². The Morgan fingerprint density at radius 1 is 1.56 bits per heavy atom. The van der Waals surface area contributed by atoms with Gasteiger partial charge in [0.05, 0.1) is 6.61 Å². The quantitative estimate of drug-likeness (QED) is 0.603. The Labute approximate surface area is 95.6 Å². The summed E-state index contributed by atoms with van der Waals surface area (Å²) in [4.78, 5) is 19.1. The van der Waals surface area contributed by atoms with Gasteiger partial charge < -0.3 is 9.26 Å². The predicted octanol–water partition coefficient (Wildman–Crippen LogP) is 1.84. The number of nitrogens with zero attached hydrogens (tertiary/aromatic N) is 3. The lowest BCUT2D eigenvalue weighted by atomic mass is 10.3. The van der Waals surface area contributed by atoms with Crippen molar-refractivity contribution in [3.8, 4) is 0 Å². The second-order valence-corrected chi connectivity index (χ2v) is 3.37. The molecule has 0 aromatic carbocycles. The maximum absolute atomic E-state index is 11.6. The SMILES string of the molecule is CCCOC(=O)c1noc2ncnc(Cl)c12. The molecular weight excluding hydrogens is 234 g/mol. The summed E-state index contributed by atoms with van der Waals surface area (Å²) in [5.41, 5.74) is 0.178. The van der Waals surface area contributed by atoms with Crippen LogP contribution < -0.4 is 0 Å². The Bertz CT molecular complexity index is 526. The molecule has 6 nitrogen and oxygen atoms in total. The van der Waals surface area contributed by atoms with E-state index in [2.05, 4.69) is 15.1 Å². The number of rotatable bonds is 3. The maximum Gasteiger partial charge on any atom is 0.361 e. The number of hydrogen-bond acceptors (Lipinski definition) is 6. The van der Waals surface area contributed by atoms with Gasteiger partial charge in [-0.25, -0.2) is 9.78 Å². The standard InChI is InChI=1S/C9H8ClN3O3/c1-2-3-15-9(14)6-5-7(10)11-4-12-8(5)16-13-6/h4H,2-3H2,1H3. The minimum Gasteiger partial charge on any atom is -0.461 e.